The maximum Gasteiger partial charge on any atom is 0.416 e. The summed E-state index contributed by atoms with van der Waals surface area (Å²) in [5.41, 5.74) is -1.30. The van der Waals surface area contributed by atoms with Crippen LogP contribution >= 0.6 is 0 Å². The van der Waals surface area contributed by atoms with Gasteiger partial charge in [0.1, 0.15) is 0 Å². The zero-order chi connectivity index (χ0) is 15.4. The van der Waals surface area contributed by atoms with Gasteiger partial charge in [0.15, 0.2) is 0 Å². The van der Waals surface area contributed by atoms with Crippen LogP contribution in [0.4, 0.5) is 13.2 Å². The number of hydrogen-bond donors (Lipinski definition) is 2. The monoisotopic (exact) mass is 289 g/mol. The highest BCUT2D eigenvalue weighted by Crippen LogP contribution is 2.34. The number of alkyl halides is 3. The quantitative estimate of drug-likeness (QED) is 0.832. The Labute approximate surface area is 118 Å². The van der Waals surface area contributed by atoms with E-state index in [1.165, 1.54) is 12.1 Å². The van der Waals surface area contributed by atoms with Crippen LogP contribution in [0.5, 0.6) is 0 Å². The fourth-order valence-corrected chi connectivity index (χ4v) is 2.09. The molecule has 1 rings (SSSR count). The molecule has 2 N–H and O–H groups in total. The van der Waals surface area contributed by atoms with E-state index in [4.69, 9.17) is 0 Å². The Morgan fingerprint density at radius 2 is 1.70 bits per heavy atom. The molecule has 20 heavy (non-hydrogen) atoms. The molecule has 5 heteroatoms. The van der Waals surface area contributed by atoms with Crippen LogP contribution in [0.25, 0.3) is 0 Å². The summed E-state index contributed by atoms with van der Waals surface area (Å²) in [6, 6.07) is 5.05. The summed E-state index contributed by atoms with van der Waals surface area (Å²) < 4.78 is 38.8. The van der Waals surface area contributed by atoms with Crippen molar-refractivity contribution in [1.29, 1.82) is 0 Å². The van der Waals surface area contributed by atoms with Gasteiger partial charge < -0.3 is 10.4 Å². The lowest BCUT2D eigenvalue weighted by atomic mass is 9.95. The number of halogens is 3. The fraction of sp³-hybridized carbons (Fsp3) is 0.600. The van der Waals surface area contributed by atoms with E-state index in [-0.39, 0.29) is 12.1 Å². The summed E-state index contributed by atoms with van der Waals surface area (Å²) in [6.45, 7) is 5.67. The number of hydrogen-bond acceptors (Lipinski definition) is 2. The van der Waals surface area contributed by atoms with Gasteiger partial charge in [-0.3, -0.25) is 0 Å². The second kappa shape index (κ2) is 6.59. The lowest BCUT2D eigenvalue weighted by Crippen LogP contribution is -2.40. The van der Waals surface area contributed by atoms with Crippen molar-refractivity contribution >= 4 is 0 Å². The van der Waals surface area contributed by atoms with Crippen molar-refractivity contribution in [2.24, 2.45) is 0 Å². The van der Waals surface area contributed by atoms with E-state index in [9.17, 15) is 18.3 Å². The summed E-state index contributed by atoms with van der Waals surface area (Å²) in [6.07, 6.45) is -3.24. The predicted octanol–water partition coefficient (Wildman–Crippen LogP) is 3.91. The number of aliphatic hydroxyl groups is 1. The first kappa shape index (κ1) is 17.0. The van der Waals surface area contributed by atoms with Crippen molar-refractivity contribution in [2.75, 3.05) is 6.54 Å². The highest BCUT2D eigenvalue weighted by Gasteiger charge is 2.34. The molecule has 1 unspecified atom stereocenters. The molecular formula is C15H22F3NO. The van der Waals surface area contributed by atoms with E-state index in [0.717, 1.165) is 6.07 Å². The van der Waals surface area contributed by atoms with Crippen LogP contribution < -0.4 is 5.32 Å². The molecule has 0 radical (unpaired) electrons. The fourth-order valence-electron chi connectivity index (χ4n) is 2.09. The zero-order valence-electron chi connectivity index (χ0n) is 12.1. The smallest absolute Gasteiger partial charge is 0.389 e. The van der Waals surface area contributed by atoms with E-state index in [2.05, 4.69) is 5.32 Å². The number of rotatable bonds is 6. The van der Waals surface area contributed by atoms with Crippen molar-refractivity contribution in [2.45, 2.75) is 51.4 Å². The maximum atomic E-state index is 12.9. The van der Waals surface area contributed by atoms with Crippen molar-refractivity contribution in [1.82, 2.24) is 5.32 Å². The van der Waals surface area contributed by atoms with Crippen LogP contribution in [0, 0.1) is 0 Å². The Hall–Kier alpha value is -1.07. The van der Waals surface area contributed by atoms with Crippen molar-refractivity contribution < 1.29 is 18.3 Å². The molecule has 0 saturated heterocycles. The molecule has 0 aliphatic carbocycles. The van der Waals surface area contributed by atoms with Gasteiger partial charge >= 0.3 is 6.18 Å². The van der Waals surface area contributed by atoms with Gasteiger partial charge in [0.05, 0.1) is 11.2 Å². The molecule has 0 aliphatic heterocycles. The molecular weight excluding hydrogens is 267 g/mol. The summed E-state index contributed by atoms with van der Waals surface area (Å²) in [4.78, 5) is 0. The third kappa shape index (κ3) is 4.21. The molecule has 1 aromatic rings. The summed E-state index contributed by atoms with van der Waals surface area (Å²) >= 11 is 0. The van der Waals surface area contributed by atoms with Crippen LogP contribution in [0.1, 0.15) is 50.8 Å². The minimum absolute atomic E-state index is 0.203. The first-order valence-corrected chi connectivity index (χ1v) is 6.85. The highest BCUT2D eigenvalue weighted by molar-refractivity contribution is 5.32. The van der Waals surface area contributed by atoms with Gasteiger partial charge in [0.2, 0.25) is 0 Å². The van der Waals surface area contributed by atoms with Crippen LogP contribution in [-0.2, 0) is 6.18 Å². The van der Waals surface area contributed by atoms with E-state index in [0.29, 0.717) is 12.8 Å². The van der Waals surface area contributed by atoms with Crippen LogP contribution in [0.15, 0.2) is 24.3 Å². The molecule has 0 spiro atoms. The SMILES string of the molecule is CCC(O)(CC)CNC(C)c1ccccc1C(F)(F)F. The van der Waals surface area contributed by atoms with Gasteiger partial charge in [-0.25, -0.2) is 0 Å². The standard InChI is InChI=1S/C15H22F3NO/c1-4-14(20,5-2)10-19-11(3)12-8-6-7-9-13(12)15(16,17)18/h6-9,11,19-20H,4-5,10H2,1-3H3. The van der Waals surface area contributed by atoms with Gasteiger partial charge in [-0.2, -0.15) is 13.2 Å². The molecule has 0 heterocycles. The van der Waals surface area contributed by atoms with Gasteiger partial charge in [0.25, 0.3) is 0 Å². The molecule has 1 atom stereocenters. The van der Waals surface area contributed by atoms with Crippen LogP contribution in [0.3, 0.4) is 0 Å². The molecule has 0 saturated carbocycles. The van der Waals surface area contributed by atoms with Crippen molar-refractivity contribution in [3.63, 3.8) is 0 Å². The summed E-state index contributed by atoms with van der Waals surface area (Å²) in [7, 11) is 0. The number of benzene rings is 1. The van der Waals surface area contributed by atoms with Gasteiger partial charge in [-0.15, -0.1) is 0 Å². The third-order valence-electron chi connectivity index (χ3n) is 3.79. The molecule has 1 aromatic carbocycles. The summed E-state index contributed by atoms with van der Waals surface area (Å²) in [5.74, 6) is 0. The summed E-state index contributed by atoms with van der Waals surface area (Å²) in [5, 5.41) is 13.2. The average molecular weight is 289 g/mol. The molecule has 0 fully saturated rings. The van der Waals surface area contributed by atoms with E-state index in [1.54, 1.807) is 13.0 Å². The average Bonchev–Trinajstić information content (AvgIpc) is 2.43. The van der Waals surface area contributed by atoms with E-state index >= 15 is 0 Å². The Morgan fingerprint density at radius 1 is 1.15 bits per heavy atom. The van der Waals surface area contributed by atoms with Gasteiger partial charge in [-0.05, 0) is 31.4 Å². The van der Waals surface area contributed by atoms with E-state index < -0.39 is 23.4 Å². The van der Waals surface area contributed by atoms with Gasteiger partial charge in [-0.1, -0.05) is 32.0 Å². The normalized spacial score (nSPS) is 14.3. The lowest BCUT2D eigenvalue weighted by Gasteiger charge is -2.28. The van der Waals surface area contributed by atoms with Crippen LogP contribution in [-0.4, -0.2) is 17.3 Å². The molecule has 0 bridgehead atoms. The second-order valence-electron chi connectivity index (χ2n) is 5.12. The first-order valence-electron chi connectivity index (χ1n) is 6.85. The molecule has 0 aromatic heterocycles. The Morgan fingerprint density at radius 3 is 2.20 bits per heavy atom. The Bertz CT molecular complexity index is 427. The van der Waals surface area contributed by atoms with E-state index in [1.807, 2.05) is 13.8 Å². The molecule has 0 amide bonds. The lowest BCUT2D eigenvalue weighted by molar-refractivity contribution is -0.138. The van der Waals surface area contributed by atoms with Crippen molar-refractivity contribution in [3.8, 4) is 0 Å². The van der Waals surface area contributed by atoms with Crippen molar-refractivity contribution in [3.05, 3.63) is 35.4 Å². The predicted molar refractivity (Wildman–Crippen MR) is 73.4 cm³/mol. The minimum Gasteiger partial charge on any atom is -0.389 e. The molecule has 114 valence electrons. The topological polar surface area (TPSA) is 32.3 Å². The minimum atomic E-state index is -4.36. The maximum absolute atomic E-state index is 12.9. The Kier molecular flexibility index (Phi) is 5.59. The highest BCUT2D eigenvalue weighted by atomic mass is 19.4. The van der Waals surface area contributed by atoms with Gasteiger partial charge in [0, 0.05) is 12.6 Å². The number of nitrogens with one attached hydrogen (secondary N) is 1. The largest absolute Gasteiger partial charge is 0.416 e. The first-order chi connectivity index (χ1) is 9.23. The molecule has 0 aliphatic rings. The zero-order valence-corrected chi connectivity index (χ0v) is 12.1. The third-order valence-corrected chi connectivity index (χ3v) is 3.79. The van der Waals surface area contributed by atoms with Crippen LogP contribution in [0.2, 0.25) is 0 Å². The molecule has 2 nitrogen and oxygen atoms in total. The Balaban J connectivity index is 2.86. The second-order valence-corrected chi connectivity index (χ2v) is 5.12.